The number of hydrogen-bond donors (Lipinski definition) is 1. The Bertz CT molecular complexity index is 621. The van der Waals surface area contributed by atoms with Crippen LogP contribution in [0.4, 0.5) is 4.39 Å². The van der Waals surface area contributed by atoms with Crippen molar-refractivity contribution in [3.63, 3.8) is 0 Å². The number of benzene rings is 2. The molecule has 0 aromatic heterocycles. The van der Waals surface area contributed by atoms with Crippen molar-refractivity contribution in [2.24, 2.45) is 5.73 Å². The van der Waals surface area contributed by atoms with Gasteiger partial charge in [0.2, 0.25) is 0 Å². The van der Waals surface area contributed by atoms with Gasteiger partial charge in [-0.15, -0.1) is 0 Å². The minimum absolute atomic E-state index is 0.380. The second-order valence-electron chi connectivity index (χ2n) is 4.69. The molecule has 0 aliphatic carbocycles. The molecule has 112 valence electrons. The molecule has 21 heavy (non-hydrogen) atoms. The van der Waals surface area contributed by atoms with Crippen molar-refractivity contribution < 1.29 is 13.9 Å². The van der Waals surface area contributed by atoms with Crippen LogP contribution in [-0.4, -0.2) is 13.2 Å². The van der Waals surface area contributed by atoms with Crippen molar-refractivity contribution in [1.82, 2.24) is 0 Å². The van der Waals surface area contributed by atoms with Crippen LogP contribution in [-0.2, 0) is 0 Å². The summed E-state index contributed by atoms with van der Waals surface area (Å²) in [7, 11) is 1.49. The van der Waals surface area contributed by atoms with Crippen LogP contribution in [0.5, 0.6) is 11.5 Å². The summed E-state index contributed by atoms with van der Waals surface area (Å²) in [6.07, 6.45) is -0.411. The van der Waals surface area contributed by atoms with Gasteiger partial charge in [0.05, 0.1) is 13.2 Å². The van der Waals surface area contributed by atoms with Gasteiger partial charge in [-0.05, 0) is 31.2 Å². The van der Waals surface area contributed by atoms with Crippen molar-refractivity contribution in [3.05, 3.63) is 58.9 Å². The largest absolute Gasteiger partial charge is 0.497 e. The highest BCUT2D eigenvalue weighted by molar-refractivity contribution is 6.30. The zero-order valence-electron chi connectivity index (χ0n) is 11.8. The zero-order chi connectivity index (χ0) is 15.4. The SMILES string of the molecule is COc1ccc(C(N)C(C)Oc2cccc(Cl)c2)c(F)c1. The third-order valence-corrected chi connectivity index (χ3v) is 3.43. The van der Waals surface area contributed by atoms with Crippen molar-refractivity contribution in [2.75, 3.05) is 7.11 Å². The molecule has 0 bridgehead atoms. The van der Waals surface area contributed by atoms with Crippen LogP contribution < -0.4 is 15.2 Å². The van der Waals surface area contributed by atoms with E-state index in [0.29, 0.717) is 22.1 Å². The van der Waals surface area contributed by atoms with Gasteiger partial charge in [0.15, 0.2) is 0 Å². The molecule has 0 radical (unpaired) electrons. The van der Waals surface area contributed by atoms with Gasteiger partial charge in [-0.25, -0.2) is 4.39 Å². The Labute approximate surface area is 128 Å². The number of ether oxygens (including phenoxy) is 2. The van der Waals surface area contributed by atoms with Gasteiger partial charge < -0.3 is 15.2 Å². The van der Waals surface area contributed by atoms with Gasteiger partial charge in [-0.3, -0.25) is 0 Å². The summed E-state index contributed by atoms with van der Waals surface area (Å²) in [6, 6.07) is 11.0. The van der Waals surface area contributed by atoms with Gasteiger partial charge in [0, 0.05) is 16.7 Å². The lowest BCUT2D eigenvalue weighted by molar-refractivity contribution is 0.188. The number of nitrogens with two attached hydrogens (primary N) is 1. The summed E-state index contributed by atoms with van der Waals surface area (Å²) in [5.74, 6) is 0.634. The molecule has 0 fully saturated rings. The fraction of sp³-hybridized carbons (Fsp3) is 0.250. The minimum atomic E-state index is -0.602. The molecule has 2 unspecified atom stereocenters. The molecule has 0 aliphatic rings. The molecular formula is C16H17ClFNO2. The van der Waals surface area contributed by atoms with Crippen LogP contribution in [0.15, 0.2) is 42.5 Å². The Morgan fingerprint density at radius 2 is 1.90 bits per heavy atom. The molecule has 2 aromatic carbocycles. The van der Waals surface area contributed by atoms with E-state index in [0.717, 1.165) is 0 Å². The summed E-state index contributed by atoms with van der Waals surface area (Å²) in [5.41, 5.74) is 6.46. The highest BCUT2D eigenvalue weighted by Gasteiger charge is 2.20. The quantitative estimate of drug-likeness (QED) is 0.909. The van der Waals surface area contributed by atoms with E-state index in [9.17, 15) is 4.39 Å². The minimum Gasteiger partial charge on any atom is -0.497 e. The van der Waals surface area contributed by atoms with E-state index in [-0.39, 0.29) is 0 Å². The van der Waals surface area contributed by atoms with E-state index in [1.54, 1.807) is 43.3 Å². The van der Waals surface area contributed by atoms with Crippen molar-refractivity contribution in [3.8, 4) is 11.5 Å². The Balaban J connectivity index is 2.13. The maximum Gasteiger partial charge on any atom is 0.131 e. The lowest BCUT2D eigenvalue weighted by Gasteiger charge is -2.22. The summed E-state index contributed by atoms with van der Waals surface area (Å²) in [6.45, 7) is 1.79. The summed E-state index contributed by atoms with van der Waals surface area (Å²) in [4.78, 5) is 0. The number of hydrogen-bond acceptors (Lipinski definition) is 3. The number of methoxy groups -OCH3 is 1. The summed E-state index contributed by atoms with van der Waals surface area (Å²) < 4.78 is 24.7. The first kappa shape index (κ1) is 15.6. The van der Waals surface area contributed by atoms with E-state index in [1.165, 1.54) is 13.2 Å². The van der Waals surface area contributed by atoms with Gasteiger partial charge in [-0.1, -0.05) is 23.7 Å². The molecule has 0 heterocycles. The Morgan fingerprint density at radius 3 is 2.52 bits per heavy atom. The standard InChI is InChI=1S/C16H17ClFNO2/c1-10(21-13-5-3-4-11(17)8-13)16(19)14-7-6-12(20-2)9-15(14)18/h3-10,16H,19H2,1-2H3. The van der Waals surface area contributed by atoms with E-state index < -0.39 is 18.0 Å². The average Bonchev–Trinajstić information content (AvgIpc) is 2.46. The Kier molecular flexibility index (Phi) is 5.04. The van der Waals surface area contributed by atoms with Crippen molar-refractivity contribution in [2.45, 2.75) is 19.1 Å². The van der Waals surface area contributed by atoms with Crippen molar-refractivity contribution >= 4 is 11.6 Å². The predicted octanol–water partition coefficient (Wildman–Crippen LogP) is 3.96. The first-order valence-corrected chi connectivity index (χ1v) is 6.90. The third-order valence-electron chi connectivity index (χ3n) is 3.19. The molecule has 3 nitrogen and oxygen atoms in total. The molecule has 0 saturated heterocycles. The molecule has 0 aliphatic heterocycles. The van der Waals surface area contributed by atoms with E-state index >= 15 is 0 Å². The molecular weight excluding hydrogens is 293 g/mol. The van der Waals surface area contributed by atoms with Crippen LogP contribution in [0.25, 0.3) is 0 Å². The maximum absolute atomic E-state index is 14.0. The van der Waals surface area contributed by atoms with Gasteiger partial charge in [-0.2, -0.15) is 0 Å². The summed E-state index contributed by atoms with van der Waals surface area (Å²) in [5, 5.41) is 0.573. The molecule has 5 heteroatoms. The predicted molar refractivity (Wildman–Crippen MR) is 81.4 cm³/mol. The lowest BCUT2D eigenvalue weighted by Crippen LogP contribution is -2.29. The molecule has 0 spiro atoms. The number of rotatable bonds is 5. The lowest BCUT2D eigenvalue weighted by atomic mass is 10.0. The molecule has 2 rings (SSSR count). The zero-order valence-corrected chi connectivity index (χ0v) is 12.6. The van der Waals surface area contributed by atoms with Crippen LogP contribution in [0.2, 0.25) is 5.02 Å². The fourth-order valence-electron chi connectivity index (χ4n) is 1.99. The van der Waals surface area contributed by atoms with Crippen molar-refractivity contribution in [1.29, 1.82) is 0 Å². The second kappa shape index (κ2) is 6.78. The summed E-state index contributed by atoms with van der Waals surface area (Å²) >= 11 is 5.90. The molecule has 0 saturated carbocycles. The first-order valence-electron chi connectivity index (χ1n) is 6.52. The monoisotopic (exact) mass is 309 g/mol. The van der Waals surface area contributed by atoms with Gasteiger partial charge in [0.1, 0.15) is 23.4 Å². The topological polar surface area (TPSA) is 44.5 Å². The van der Waals surface area contributed by atoms with Gasteiger partial charge >= 0.3 is 0 Å². The first-order chi connectivity index (χ1) is 10.0. The highest BCUT2D eigenvalue weighted by atomic mass is 35.5. The molecule has 2 N–H and O–H groups in total. The second-order valence-corrected chi connectivity index (χ2v) is 5.13. The van der Waals surface area contributed by atoms with Crippen LogP contribution in [0.3, 0.4) is 0 Å². The number of halogens is 2. The molecule has 0 amide bonds. The van der Waals surface area contributed by atoms with E-state index in [1.807, 2.05) is 0 Å². The average molecular weight is 310 g/mol. The Morgan fingerprint density at radius 1 is 1.14 bits per heavy atom. The highest BCUT2D eigenvalue weighted by Crippen LogP contribution is 2.26. The molecule has 2 aromatic rings. The fourth-order valence-corrected chi connectivity index (χ4v) is 2.17. The van der Waals surface area contributed by atoms with Crippen LogP contribution >= 0.6 is 11.6 Å². The van der Waals surface area contributed by atoms with Crippen LogP contribution in [0, 0.1) is 5.82 Å². The maximum atomic E-state index is 14.0. The van der Waals surface area contributed by atoms with E-state index in [2.05, 4.69) is 0 Å². The molecule has 2 atom stereocenters. The van der Waals surface area contributed by atoms with E-state index in [4.69, 9.17) is 26.8 Å². The van der Waals surface area contributed by atoms with Gasteiger partial charge in [0.25, 0.3) is 0 Å². The Hall–Kier alpha value is -1.78. The normalized spacial score (nSPS) is 13.6. The smallest absolute Gasteiger partial charge is 0.131 e. The van der Waals surface area contributed by atoms with Crippen LogP contribution in [0.1, 0.15) is 18.5 Å². The third kappa shape index (κ3) is 3.86.